The van der Waals surface area contributed by atoms with Gasteiger partial charge in [-0.2, -0.15) is 0 Å². The third-order valence-electron chi connectivity index (χ3n) is 3.72. The van der Waals surface area contributed by atoms with E-state index in [9.17, 15) is 0 Å². The van der Waals surface area contributed by atoms with Crippen molar-refractivity contribution in [2.45, 2.75) is 38.4 Å². The molecule has 17 heavy (non-hydrogen) atoms. The van der Waals surface area contributed by atoms with E-state index in [0.717, 1.165) is 11.0 Å². The molecule has 1 saturated heterocycles. The summed E-state index contributed by atoms with van der Waals surface area (Å²) in [6.07, 6.45) is 1.24. The average molecular weight is 297 g/mol. The van der Waals surface area contributed by atoms with Crippen molar-refractivity contribution in [1.82, 2.24) is 10.2 Å². The Hall–Kier alpha value is -0.380. The van der Waals surface area contributed by atoms with E-state index in [-0.39, 0.29) is 0 Å². The van der Waals surface area contributed by atoms with Crippen LogP contribution in [0.2, 0.25) is 0 Å². The Labute approximate surface area is 113 Å². The maximum Gasteiger partial charge on any atom is 0.0295 e. The molecule has 2 unspecified atom stereocenters. The van der Waals surface area contributed by atoms with Gasteiger partial charge in [-0.15, -0.1) is 0 Å². The van der Waals surface area contributed by atoms with E-state index in [4.69, 9.17) is 0 Å². The van der Waals surface area contributed by atoms with Gasteiger partial charge in [-0.1, -0.05) is 28.1 Å². The average Bonchev–Trinajstić information content (AvgIpc) is 2.58. The number of likely N-dealkylation sites (tertiary alicyclic amines) is 1. The van der Waals surface area contributed by atoms with E-state index in [1.54, 1.807) is 0 Å². The first-order valence-corrected chi connectivity index (χ1v) is 7.07. The largest absolute Gasteiger partial charge is 0.306 e. The molecule has 1 aromatic rings. The Kier molecular flexibility index (Phi) is 4.23. The van der Waals surface area contributed by atoms with Gasteiger partial charge >= 0.3 is 0 Å². The molecule has 0 spiro atoms. The van der Waals surface area contributed by atoms with Crippen LogP contribution in [-0.4, -0.2) is 30.6 Å². The molecule has 1 fully saturated rings. The van der Waals surface area contributed by atoms with Crippen LogP contribution in [0.1, 0.15) is 31.9 Å². The highest BCUT2D eigenvalue weighted by Gasteiger charge is 2.26. The molecule has 1 heterocycles. The topological polar surface area (TPSA) is 15.3 Å². The van der Waals surface area contributed by atoms with Crippen molar-refractivity contribution < 1.29 is 0 Å². The van der Waals surface area contributed by atoms with Crippen molar-refractivity contribution in [3.05, 3.63) is 34.3 Å². The molecule has 2 nitrogen and oxygen atoms in total. The molecule has 0 bridgehead atoms. The predicted molar refractivity (Wildman–Crippen MR) is 76.2 cm³/mol. The second-order valence-corrected chi connectivity index (χ2v) is 6.08. The summed E-state index contributed by atoms with van der Waals surface area (Å²) >= 11 is 3.53. The summed E-state index contributed by atoms with van der Waals surface area (Å²) in [5.41, 5.74) is 1.35. The lowest BCUT2D eigenvalue weighted by Crippen LogP contribution is -2.33. The van der Waals surface area contributed by atoms with Gasteiger partial charge in [0.1, 0.15) is 0 Å². The molecule has 94 valence electrons. The fraction of sp³-hybridized carbons (Fsp3) is 0.571. The molecule has 0 amide bonds. The summed E-state index contributed by atoms with van der Waals surface area (Å²) in [6, 6.07) is 10.3. The van der Waals surface area contributed by atoms with Crippen LogP contribution in [0.4, 0.5) is 0 Å². The van der Waals surface area contributed by atoms with Gasteiger partial charge in [0.25, 0.3) is 0 Å². The molecule has 3 atom stereocenters. The molecule has 1 aliphatic heterocycles. The van der Waals surface area contributed by atoms with Gasteiger partial charge in [-0.25, -0.2) is 0 Å². The Morgan fingerprint density at radius 3 is 2.82 bits per heavy atom. The van der Waals surface area contributed by atoms with Gasteiger partial charge in [0.05, 0.1) is 0 Å². The van der Waals surface area contributed by atoms with Gasteiger partial charge in [0.15, 0.2) is 0 Å². The Morgan fingerprint density at radius 2 is 2.24 bits per heavy atom. The first kappa shape index (κ1) is 13.1. The number of benzene rings is 1. The van der Waals surface area contributed by atoms with Gasteiger partial charge < -0.3 is 10.2 Å². The summed E-state index contributed by atoms with van der Waals surface area (Å²) in [6.45, 7) is 5.69. The lowest BCUT2D eigenvalue weighted by Gasteiger charge is -2.20. The number of rotatable bonds is 3. The van der Waals surface area contributed by atoms with Crippen molar-refractivity contribution in [2.75, 3.05) is 13.6 Å². The van der Waals surface area contributed by atoms with Crippen LogP contribution >= 0.6 is 15.9 Å². The number of hydrogen-bond donors (Lipinski definition) is 1. The quantitative estimate of drug-likeness (QED) is 0.921. The third kappa shape index (κ3) is 3.30. The van der Waals surface area contributed by atoms with Crippen LogP contribution in [0.5, 0.6) is 0 Å². The normalized spacial score (nSPS) is 27.3. The Balaban J connectivity index is 1.96. The molecule has 1 aromatic carbocycles. The highest BCUT2D eigenvalue weighted by molar-refractivity contribution is 9.10. The summed E-state index contributed by atoms with van der Waals surface area (Å²) in [7, 11) is 2.20. The highest BCUT2D eigenvalue weighted by Crippen LogP contribution is 2.21. The first-order valence-electron chi connectivity index (χ1n) is 6.28. The van der Waals surface area contributed by atoms with Gasteiger partial charge in [0.2, 0.25) is 0 Å². The summed E-state index contributed by atoms with van der Waals surface area (Å²) < 4.78 is 1.15. The second-order valence-electron chi connectivity index (χ2n) is 5.16. The number of likely N-dealkylation sites (N-methyl/N-ethyl adjacent to an activating group) is 1. The molecular formula is C14H21BrN2. The molecule has 0 aliphatic carbocycles. The number of nitrogens with one attached hydrogen (secondary N) is 1. The van der Waals surface area contributed by atoms with Crippen LogP contribution in [-0.2, 0) is 0 Å². The zero-order valence-corrected chi connectivity index (χ0v) is 12.4. The lowest BCUT2D eigenvalue weighted by atomic mass is 10.1. The van der Waals surface area contributed by atoms with E-state index < -0.39 is 0 Å². The second kappa shape index (κ2) is 5.51. The van der Waals surface area contributed by atoms with Crippen molar-refractivity contribution in [2.24, 2.45) is 0 Å². The minimum absolute atomic E-state index is 0.413. The van der Waals surface area contributed by atoms with Crippen LogP contribution in [0.15, 0.2) is 28.7 Å². The third-order valence-corrected chi connectivity index (χ3v) is 4.21. The smallest absolute Gasteiger partial charge is 0.0295 e. The van der Waals surface area contributed by atoms with E-state index in [1.165, 1.54) is 12.0 Å². The van der Waals surface area contributed by atoms with Gasteiger partial charge in [-0.05, 0) is 45.0 Å². The van der Waals surface area contributed by atoms with Gasteiger partial charge in [-0.3, -0.25) is 0 Å². The molecule has 3 heteroatoms. The molecule has 1 aliphatic rings. The van der Waals surface area contributed by atoms with Crippen molar-refractivity contribution in [3.8, 4) is 0 Å². The van der Waals surface area contributed by atoms with Crippen LogP contribution in [0.25, 0.3) is 0 Å². The fourth-order valence-corrected chi connectivity index (χ4v) is 2.96. The van der Waals surface area contributed by atoms with Crippen molar-refractivity contribution in [1.29, 1.82) is 0 Å². The van der Waals surface area contributed by atoms with E-state index in [0.29, 0.717) is 18.1 Å². The van der Waals surface area contributed by atoms with E-state index >= 15 is 0 Å². The minimum Gasteiger partial charge on any atom is -0.306 e. The Bertz CT molecular complexity index is 370. The summed E-state index contributed by atoms with van der Waals surface area (Å²) in [4.78, 5) is 2.42. The van der Waals surface area contributed by atoms with Crippen LogP contribution in [0, 0.1) is 0 Å². The van der Waals surface area contributed by atoms with E-state index in [2.05, 4.69) is 71.3 Å². The zero-order chi connectivity index (χ0) is 12.4. The maximum atomic E-state index is 3.72. The lowest BCUT2D eigenvalue weighted by molar-refractivity contribution is 0.325. The van der Waals surface area contributed by atoms with Gasteiger partial charge in [0, 0.05) is 29.1 Å². The summed E-state index contributed by atoms with van der Waals surface area (Å²) in [5.74, 6) is 0. The molecule has 0 saturated carbocycles. The van der Waals surface area contributed by atoms with Crippen molar-refractivity contribution >= 4 is 15.9 Å². The monoisotopic (exact) mass is 296 g/mol. The van der Waals surface area contributed by atoms with Crippen LogP contribution in [0.3, 0.4) is 0 Å². The Morgan fingerprint density at radius 1 is 1.47 bits per heavy atom. The maximum absolute atomic E-state index is 3.72. The highest BCUT2D eigenvalue weighted by atomic mass is 79.9. The number of nitrogens with zero attached hydrogens (tertiary/aromatic N) is 1. The fourth-order valence-electron chi connectivity index (χ4n) is 2.54. The molecule has 0 aromatic heterocycles. The standard InChI is InChI=1S/C14H21BrN2/c1-10-7-14(9-17(10)3)16-11(2)12-5-4-6-13(15)8-12/h4-6,8,10-11,14,16H,7,9H2,1-3H3/t10?,11-,14?/m0/s1. The minimum atomic E-state index is 0.413. The molecule has 2 rings (SSSR count). The summed E-state index contributed by atoms with van der Waals surface area (Å²) in [5, 5.41) is 3.72. The SMILES string of the molecule is CC1CC(N[C@@H](C)c2cccc(Br)c2)CN1C. The number of halogens is 1. The zero-order valence-electron chi connectivity index (χ0n) is 10.8. The van der Waals surface area contributed by atoms with Crippen LogP contribution < -0.4 is 5.32 Å². The number of hydrogen-bond acceptors (Lipinski definition) is 2. The van der Waals surface area contributed by atoms with E-state index in [1.807, 2.05) is 0 Å². The molecular weight excluding hydrogens is 276 g/mol. The van der Waals surface area contributed by atoms with Crippen molar-refractivity contribution in [3.63, 3.8) is 0 Å². The first-order chi connectivity index (χ1) is 8.06. The molecule has 0 radical (unpaired) electrons. The molecule has 1 N–H and O–H groups in total. The predicted octanol–water partition coefficient (Wildman–Crippen LogP) is 3.19.